The molecule has 0 unspecified atom stereocenters. The number of amides is 1. The van der Waals surface area contributed by atoms with Gasteiger partial charge in [-0.3, -0.25) is 9.59 Å². The zero-order valence-corrected chi connectivity index (χ0v) is 17.0. The highest BCUT2D eigenvalue weighted by Gasteiger charge is 2.14. The van der Waals surface area contributed by atoms with Crippen LogP contribution in [0.1, 0.15) is 33.5 Å². The molecule has 0 N–H and O–H groups in total. The van der Waals surface area contributed by atoms with Crippen molar-refractivity contribution in [1.82, 2.24) is 0 Å². The molecule has 3 aromatic rings. The number of carbonyl (C=O) groups excluding carboxylic acids is 2. The number of hydrogen-bond acceptors (Lipinski definition) is 3. The summed E-state index contributed by atoms with van der Waals surface area (Å²) in [7, 11) is 1.73. The van der Waals surface area contributed by atoms with Crippen molar-refractivity contribution in [2.24, 2.45) is 0 Å². The van der Waals surface area contributed by atoms with Gasteiger partial charge in [0.15, 0.2) is 0 Å². The van der Waals surface area contributed by atoms with Gasteiger partial charge in [0.1, 0.15) is 5.75 Å². The van der Waals surface area contributed by atoms with Crippen LogP contribution in [0.3, 0.4) is 0 Å². The van der Waals surface area contributed by atoms with Crippen LogP contribution < -0.4 is 9.64 Å². The second-order valence-corrected chi connectivity index (χ2v) is 7.18. The third-order valence-corrected chi connectivity index (χ3v) is 4.80. The van der Waals surface area contributed by atoms with Gasteiger partial charge < -0.3 is 9.64 Å². The van der Waals surface area contributed by atoms with Crippen molar-refractivity contribution in [2.45, 2.75) is 26.7 Å². The molecule has 0 aliphatic carbocycles. The molecule has 4 nitrogen and oxygen atoms in total. The number of rotatable bonds is 6. The topological polar surface area (TPSA) is 46.6 Å². The highest BCUT2D eigenvalue weighted by Crippen LogP contribution is 2.21. The van der Waals surface area contributed by atoms with E-state index >= 15 is 0 Å². The highest BCUT2D eigenvalue weighted by atomic mass is 16.5. The van der Waals surface area contributed by atoms with Gasteiger partial charge in [-0.25, -0.2) is 0 Å². The van der Waals surface area contributed by atoms with Gasteiger partial charge >= 0.3 is 5.97 Å². The van der Waals surface area contributed by atoms with Crippen LogP contribution in [0.2, 0.25) is 0 Å². The third-order valence-electron chi connectivity index (χ3n) is 4.80. The van der Waals surface area contributed by atoms with Crippen LogP contribution in [0, 0.1) is 13.8 Å². The number of carbonyl (C=O) groups is 2. The van der Waals surface area contributed by atoms with Crippen LogP contribution in [0.15, 0.2) is 72.8 Å². The maximum atomic E-state index is 12.6. The Morgan fingerprint density at radius 2 is 1.34 bits per heavy atom. The summed E-state index contributed by atoms with van der Waals surface area (Å²) in [5.74, 6) is 0.106. The minimum absolute atomic E-state index is 0.0900. The lowest BCUT2D eigenvalue weighted by Crippen LogP contribution is -2.26. The third kappa shape index (κ3) is 5.55. The predicted molar refractivity (Wildman–Crippen MR) is 115 cm³/mol. The first-order valence-electron chi connectivity index (χ1n) is 9.63. The van der Waals surface area contributed by atoms with Gasteiger partial charge in [0.25, 0.3) is 5.91 Å². The average Bonchev–Trinajstić information content (AvgIpc) is 2.73. The Bertz CT molecular complexity index is 974. The first-order chi connectivity index (χ1) is 13.9. The number of ether oxygens (including phenoxy) is 1. The SMILES string of the molecule is Cc1ccc(CCC(=O)Oc2ccc(N(C)C(=O)c3ccc(C)cc3)cc2)cc1. The fraction of sp³-hybridized carbons (Fsp3) is 0.200. The largest absolute Gasteiger partial charge is 0.427 e. The van der Waals surface area contributed by atoms with E-state index in [-0.39, 0.29) is 11.9 Å². The molecular weight excluding hydrogens is 362 g/mol. The summed E-state index contributed by atoms with van der Waals surface area (Å²) in [5, 5.41) is 0. The van der Waals surface area contributed by atoms with Gasteiger partial charge in [0.05, 0.1) is 0 Å². The fourth-order valence-electron chi connectivity index (χ4n) is 2.93. The maximum Gasteiger partial charge on any atom is 0.311 e. The normalized spacial score (nSPS) is 10.4. The monoisotopic (exact) mass is 387 g/mol. The molecule has 0 aliphatic rings. The first kappa shape index (κ1) is 20.3. The van der Waals surface area contributed by atoms with E-state index in [9.17, 15) is 9.59 Å². The quantitative estimate of drug-likeness (QED) is 0.436. The van der Waals surface area contributed by atoms with Crippen molar-refractivity contribution in [1.29, 1.82) is 0 Å². The van der Waals surface area contributed by atoms with E-state index in [1.807, 2.05) is 62.4 Å². The van der Waals surface area contributed by atoms with Gasteiger partial charge in [-0.05, 0) is 62.2 Å². The standard InChI is InChI=1S/C25H25NO3/c1-18-4-8-20(9-5-18)10-17-24(27)29-23-15-13-22(14-16-23)26(3)25(28)21-11-6-19(2)7-12-21/h4-9,11-16H,10,17H2,1-3H3. The summed E-state index contributed by atoms with van der Waals surface area (Å²) in [4.78, 5) is 26.3. The number of benzene rings is 3. The Labute approximate surface area is 171 Å². The summed E-state index contributed by atoms with van der Waals surface area (Å²) in [6, 6.07) is 22.6. The average molecular weight is 387 g/mol. The highest BCUT2D eigenvalue weighted by molar-refractivity contribution is 6.05. The summed E-state index contributed by atoms with van der Waals surface area (Å²) in [6.45, 7) is 4.02. The Kier molecular flexibility index (Phi) is 6.45. The predicted octanol–water partition coefficient (Wildman–Crippen LogP) is 5.12. The van der Waals surface area contributed by atoms with Crippen molar-refractivity contribution in [3.05, 3.63) is 95.1 Å². The molecule has 0 spiro atoms. The second-order valence-electron chi connectivity index (χ2n) is 7.18. The molecule has 3 aromatic carbocycles. The van der Waals surface area contributed by atoms with Crippen LogP contribution in [-0.2, 0) is 11.2 Å². The molecule has 3 rings (SSSR count). The van der Waals surface area contributed by atoms with E-state index in [0.29, 0.717) is 24.2 Å². The van der Waals surface area contributed by atoms with Gasteiger partial charge in [0, 0.05) is 24.7 Å². The zero-order chi connectivity index (χ0) is 20.8. The van der Waals surface area contributed by atoms with E-state index in [4.69, 9.17) is 4.74 Å². The molecule has 1 amide bonds. The molecule has 0 aromatic heterocycles. The lowest BCUT2D eigenvalue weighted by Gasteiger charge is -2.18. The lowest BCUT2D eigenvalue weighted by atomic mass is 10.1. The number of nitrogens with zero attached hydrogens (tertiary/aromatic N) is 1. The zero-order valence-electron chi connectivity index (χ0n) is 17.0. The molecular formula is C25H25NO3. The minimum Gasteiger partial charge on any atom is -0.427 e. The van der Waals surface area contributed by atoms with Crippen molar-refractivity contribution in [2.75, 3.05) is 11.9 Å². The van der Waals surface area contributed by atoms with Crippen molar-refractivity contribution in [3.63, 3.8) is 0 Å². The second kappa shape index (κ2) is 9.20. The molecule has 29 heavy (non-hydrogen) atoms. The van der Waals surface area contributed by atoms with E-state index in [1.54, 1.807) is 36.2 Å². The van der Waals surface area contributed by atoms with Crippen LogP contribution in [0.25, 0.3) is 0 Å². The molecule has 0 aliphatic heterocycles. The van der Waals surface area contributed by atoms with Crippen LogP contribution in [0.4, 0.5) is 5.69 Å². The number of hydrogen-bond donors (Lipinski definition) is 0. The van der Waals surface area contributed by atoms with E-state index < -0.39 is 0 Å². The minimum atomic E-state index is -0.276. The fourth-order valence-corrected chi connectivity index (χ4v) is 2.93. The molecule has 4 heteroatoms. The molecule has 0 heterocycles. The van der Waals surface area contributed by atoms with Gasteiger partial charge in [0.2, 0.25) is 0 Å². The molecule has 0 bridgehead atoms. The summed E-state index contributed by atoms with van der Waals surface area (Å²) in [5.41, 5.74) is 4.78. The molecule has 0 radical (unpaired) electrons. The number of anilines is 1. The lowest BCUT2D eigenvalue weighted by molar-refractivity contribution is -0.134. The van der Waals surface area contributed by atoms with Gasteiger partial charge in [-0.15, -0.1) is 0 Å². The van der Waals surface area contributed by atoms with Gasteiger partial charge in [-0.2, -0.15) is 0 Å². The maximum absolute atomic E-state index is 12.6. The van der Waals surface area contributed by atoms with Gasteiger partial charge in [-0.1, -0.05) is 47.5 Å². The Hall–Kier alpha value is -3.40. The van der Waals surface area contributed by atoms with E-state index in [0.717, 1.165) is 16.8 Å². The molecule has 0 atom stereocenters. The van der Waals surface area contributed by atoms with Crippen LogP contribution in [0.5, 0.6) is 5.75 Å². The van der Waals surface area contributed by atoms with Crippen LogP contribution >= 0.6 is 0 Å². The Balaban J connectivity index is 1.56. The molecule has 0 saturated heterocycles. The smallest absolute Gasteiger partial charge is 0.311 e. The molecule has 148 valence electrons. The van der Waals surface area contributed by atoms with Crippen molar-refractivity contribution < 1.29 is 14.3 Å². The van der Waals surface area contributed by atoms with Crippen molar-refractivity contribution in [3.8, 4) is 5.75 Å². The number of esters is 1. The molecule has 0 fully saturated rings. The summed E-state index contributed by atoms with van der Waals surface area (Å²) in [6.07, 6.45) is 0.960. The Morgan fingerprint density at radius 1 is 0.793 bits per heavy atom. The van der Waals surface area contributed by atoms with Crippen LogP contribution in [-0.4, -0.2) is 18.9 Å². The first-order valence-corrected chi connectivity index (χ1v) is 9.63. The number of aryl methyl sites for hydroxylation is 3. The summed E-state index contributed by atoms with van der Waals surface area (Å²) < 4.78 is 5.41. The molecule has 0 saturated carbocycles. The van der Waals surface area contributed by atoms with Crippen molar-refractivity contribution >= 4 is 17.6 Å². The summed E-state index contributed by atoms with van der Waals surface area (Å²) >= 11 is 0. The van der Waals surface area contributed by atoms with E-state index in [2.05, 4.69) is 0 Å². The Morgan fingerprint density at radius 3 is 1.93 bits per heavy atom. The van der Waals surface area contributed by atoms with E-state index in [1.165, 1.54) is 5.56 Å².